The van der Waals surface area contributed by atoms with Crippen LogP contribution in [0.4, 0.5) is 5.95 Å². The van der Waals surface area contributed by atoms with Crippen LogP contribution in [0, 0.1) is 0 Å². The van der Waals surface area contributed by atoms with E-state index >= 15 is 0 Å². The van der Waals surface area contributed by atoms with Gasteiger partial charge in [-0.2, -0.15) is 9.29 Å². The molecule has 2 aliphatic heterocycles. The number of fused-ring (bicyclic) bond motifs is 1. The Morgan fingerprint density at radius 2 is 1.67 bits per heavy atom. The van der Waals surface area contributed by atoms with Crippen LogP contribution in [0.1, 0.15) is 11.3 Å². The van der Waals surface area contributed by atoms with Gasteiger partial charge in [0, 0.05) is 56.8 Å². The monoisotopic (exact) mass is 529 g/mol. The molecule has 0 N–H and O–H groups in total. The highest BCUT2D eigenvalue weighted by atomic mass is 35.5. The summed E-state index contributed by atoms with van der Waals surface area (Å²) in [4.78, 5) is 14.2. The second-order valence-electron chi connectivity index (χ2n) is 8.87. The molecule has 36 heavy (non-hydrogen) atoms. The Labute approximate surface area is 216 Å². The maximum atomic E-state index is 13.4. The van der Waals surface area contributed by atoms with Crippen molar-refractivity contribution in [3.8, 4) is 17.4 Å². The van der Waals surface area contributed by atoms with Crippen molar-refractivity contribution in [1.82, 2.24) is 19.2 Å². The lowest BCUT2D eigenvalue weighted by atomic mass is 10.1. The largest absolute Gasteiger partial charge is 0.497 e. The molecule has 1 fully saturated rings. The van der Waals surface area contributed by atoms with Crippen molar-refractivity contribution in [2.45, 2.75) is 17.9 Å². The summed E-state index contributed by atoms with van der Waals surface area (Å²) in [6.45, 7) is 3.88. The molecule has 2 aliphatic rings. The minimum atomic E-state index is -3.73. The molecule has 0 aliphatic carbocycles. The van der Waals surface area contributed by atoms with Crippen molar-refractivity contribution < 1.29 is 17.9 Å². The quantitative estimate of drug-likeness (QED) is 0.480. The molecular weight excluding hydrogens is 502 g/mol. The Balaban J connectivity index is 1.51. The normalized spacial score (nSPS) is 17.0. The Hall–Kier alpha value is -2.92. The van der Waals surface area contributed by atoms with E-state index in [0.29, 0.717) is 46.9 Å². The number of aromatic nitrogens is 2. The first-order valence-corrected chi connectivity index (χ1v) is 13.6. The smallest absolute Gasteiger partial charge is 0.243 e. The highest BCUT2D eigenvalue weighted by Crippen LogP contribution is 2.34. The fourth-order valence-corrected chi connectivity index (χ4v) is 5.85. The molecule has 0 bridgehead atoms. The third-order valence-electron chi connectivity index (χ3n) is 6.47. The molecule has 5 rings (SSSR count). The topological polar surface area (TPSA) is 88.1 Å². The van der Waals surface area contributed by atoms with Crippen molar-refractivity contribution in [2.24, 2.45) is 0 Å². The summed E-state index contributed by atoms with van der Waals surface area (Å²) in [5.41, 5.74) is 1.47. The van der Waals surface area contributed by atoms with Crippen LogP contribution in [-0.2, 0) is 23.0 Å². The van der Waals surface area contributed by atoms with Gasteiger partial charge in [-0.3, -0.25) is 0 Å². The maximum Gasteiger partial charge on any atom is 0.243 e. The standard InChI is InChI=1S/C25H28ClN5O4S/c1-29-12-14-30(15-13-29)25-27-23-10-11-31(36(32,33)21-8-6-18(26)7-9-21)17-22(23)24(28-25)35-20-5-3-4-19(16-20)34-2/h3-9,16H,10-15,17H2,1-2H3. The van der Waals surface area contributed by atoms with Crippen molar-refractivity contribution in [2.75, 3.05) is 51.8 Å². The molecule has 0 saturated carbocycles. The molecular formula is C25H28ClN5O4S. The predicted molar refractivity (Wildman–Crippen MR) is 138 cm³/mol. The minimum Gasteiger partial charge on any atom is -0.497 e. The molecule has 1 aromatic heterocycles. The molecule has 0 radical (unpaired) electrons. The van der Waals surface area contributed by atoms with Gasteiger partial charge in [-0.1, -0.05) is 17.7 Å². The van der Waals surface area contributed by atoms with E-state index in [0.717, 1.165) is 31.9 Å². The molecule has 9 nitrogen and oxygen atoms in total. The van der Waals surface area contributed by atoms with Crippen LogP contribution >= 0.6 is 11.6 Å². The molecule has 1 saturated heterocycles. The van der Waals surface area contributed by atoms with Crippen LogP contribution in [0.15, 0.2) is 53.4 Å². The van der Waals surface area contributed by atoms with Crippen molar-refractivity contribution in [3.05, 3.63) is 64.8 Å². The number of rotatable bonds is 6. The lowest BCUT2D eigenvalue weighted by Crippen LogP contribution is -2.45. The fraction of sp³-hybridized carbons (Fsp3) is 0.360. The number of likely N-dealkylation sites (N-methyl/N-ethyl adjacent to an activating group) is 1. The van der Waals surface area contributed by atoms with Crippen molar-refractivity contribution >= 4 is 27.6 Å². The lowest BCUT2D eigenvalue weighted by molar-refractivity contribution is 0.310. The van der Waals surface area contributed by atoms with Crippen LogP contribution < -0.4 is 14.4 Å². The van der Waals surface area contributed by atoms with Gasteiger partial charge in [-0.25, -0.2) is 13.4 Å². The molecule has 3 aromatic rings. The maximum absolute atomic E-state index is 13.4. The number of benzene rings is 2. The summed E-state index contributed by atoms with van der Waals surface area (Å²) in [6, 6.07) is 13.5. The van der Waals surface area contributed by atoms with Gasteiger partial charge in [-0.05, 0) is 43.4 Å². The zero-order valence-electron chi connectivity index (χ0n) is 20.2. The van der Waals surface area contributed by atoms with E-state index in [1.54, 1.807) is 25.3 Å². The van der Waals surface area contributed by atoms with E-state index < -0.39 is 10.0 Å². The van der Waals surface area contributed by atoms with Gasteiger partial charge >= 0.3 is 0 Å². The summed E-state index contributed by atoms with van der Waals surface area (Å²) in [6.07, 6.45) is 0.458. The predicted octanol–water partition coefficient (Wildman–Crippen LogP) is 3.43. The number of sulfonamides is 1. The van der Waals surface area contributed by atoms with Crippen LogP contribution in [-0.4, -0.2) is 74.5 Å². The first kappa shape index (κ1) is 24.8. The molecule has 190 valence electrons. The number of methoxy groups -OCH3 is 1. The molecule has 0 unspecified atom stereocenters. The number of ether oxygens (including phenoxy) is 2. The summed E-state index contributed by atoms with van der Waals surface area (Å²) in [7, 11) is -0.0417. The average Bonchev–Trinajstić information content (AvgIpc) is 2.89. The van der Waals surface area contributed by atoms with Gasteiger partial charge in [0.1, 0.15) is 11.5 Å². The number of hydrogen-bond acceptors (Lipinski definition) is 8. The van der Waals surface area contributed by atoms with Gasteiger partial charge in [-0.15, -0.1) is 0 Å². The summed E-state index contributed by atoms with van der Waals surface area (Å²) < 4.78 is 39.8. The molecule has 3 heterocycles. The van der Waals surface area contributed by atoms with E-state index in [-0.39, 0.29) is 11.4 Å². The first-order chi connectivity index (χ1) is 17.3. The summed E-state index contributed by atoms with van der Waals surface area (Å²) >= 11 is 5.96. The molecule has 11 heteroatoms. The first-order valence-electron chi connectivity index (χ1n) is 11.7. The highest BCUT2D eigenvalue weighted by molar-refractivity contribution is 7.89. The van der Waals surface area contributed by atoms with E-state index in [2.05, 4.69) is 16.8 Å². The van der Waals surface area contributed by atoms with Gasteiger partial charge in [0.2, 0.25) is 21.9 Å². The van der Waals surface area contributed by atoms with Gasteiger partial charge in [0.25, 0.3) is 0 Å². The van der Waals surface area contributed by atoms with E-state index in [9.17, 15) is 8.42 Å². The van der Waals surface area contributed by atoms with Crippen LogP contribution in [0.2, 0.25) is 5.02 Å². The molecule has 0 amide bonds. The number of piperazine rings is 1. The Morgan fingerprint density at radius 1 is 0.944 bits per heavy atom. The van der Waals surface area contributed by atoms with Gasteiger partial charge in [0.05, 0.1) is 23.3 Å². The minimum absolute atomic E-state index is 0.114. The second kappa shape index (κ2) is 10.2. The van der Waals surface area contributed by atoms with E-state index in [4.69, 9.17) is 31.0 Å². The third kappa shape index (κ3) is 5.12. The Bertz CT molecular complexity index is 1350. The lowest BCUT2D eigenvalue weighted by Gasteiger charge is -2.34. The second-order valence-corrected chi connectivity index (χ2v) is 11.2. The fourth-order valence-electron chi connectivity index (χ4n) is 4.32. The number of anilines is 1. The van der Waals surface area contributed by atoms with Gasteiger partial charge < -0.3 is 19.3 Å². The summed E-state index contributed by atoms with van der Waals surface area (Å²) in [5, 5.41) is 0.483. The third-order valence-corrected chi connectivity index (χ3v) is 8.58. The number of halogens is 1. The van der Waals surface area contributed by atoms with Crippen molar-refractivity contribution in [1.29, 1.82) is 0 Å². The number of hydrogen-bond donors (Lipinski definition) is 0. The Kier molecular flexibility index (Phi) is 7.03. The highest BCUT2D eigenvalue weighted by Gasteiger charge is 2.33. The average molecular weight is 530 g/mol. The van der Waals surface area contributed by atoms with Gasteiger partial charge in [0.15, 0.2) is 0 Å². The number of nitrogens with zero attached hydrogens (tertiary/aromatic N) is 5. The molecule has 0 spiro atoms. The molecule has 0 atom stereocenters. The zero-order valence-corrected chi connectivity index (χ0v) is 21.8. The summed E-state index contributed by atoms with van der Waals surface area (Å²) in [5.74, 6) is 2.17. The zero-order chi connectivity index (χ0) is 25.3. The van der Waals surface area contributed by atoms with Crippen LogP contribution in [0.3, 0.4) is 0 Å². The van der Waals surface area contributed by atoms with Crippen LogP contribution in [0.25, 0.3) is 0 Å². The van der Waals surface area contributed by atoms with E-state index in [1.807, 2.05) is 18.2 Å². The Morgan fingerprint density at radius 3 is 2.39 bits per heavy atom. The molecule has 2 aromatic carbocycles. The van der Waals surface area contributed by atoms with Crippen molar-refractivity contribution in [3.63, 3.8) is 0 Å². The SMILES string of the molecule is COc1cccc(Oc2nc(N3CCN(C)CC3)nc3c2CN(S(=O)(=O)c2ccc(Cl)cc2)CC3)c1. The van der Waals surface area contributed by atoms with Crippen LogP contribution in [0.5, 0.6) is 17.4 Å². The van der Waals surface area contributed by atoms with E-state index in [1.165, 1.54) is 16.4 Å².